The molecule has 2 aromatic rings. The van der Waals surface area contributed by atoms with Gasteiger partial charge in [0, 0.05) is 24.7 Å². The van der Waals surface area contributed by atoms with E-state index in [0.717, 1.165) is 37.9 Å². The van der Waals surface area contributed by atoms with Gasteiger partial charge >= 0.3 is 6.03 Å². The first kappa shape index (κ1) is 27.7. The number of carbonyl (C=O) groups is 2. The molecule has 2 aliphatic rings. The molecule has 3 amide bonds. The monoisotopic (exact) mass is 547 g/mol. The SMILES string of the molecule is Cc1cc(NC(=O)Nc2cc(OCC(=O)NS(=O)(=O)C3CC3)ccc2N(CC(C)C)C2CCCCC2)no1. The highest BCUT2D eigenvalue weighted by molar-refractivity contribution is 7.90. The summed E-state index contributed by atoms with van der Waals surface area (Å²) in [5, 5.41) is 8.87. The molecule has 0 unspecified atom stereocenters. The van der Waals surface area contributed by atoms with Crippen LogP contribution in [0.15, 0.2) is 28.8 Å². The smallest absolute Gasteiger partial charge is 0.325 e. The molecule has 0 radical (unpaired) electrons. The van der Waals surface area contributed by atoms with Crippen LogP contribution < -0.4 is 25.0 Å². The third-order valence-corrected chi connectivity index (χ3v) is 8.42. The minimum Gasteiger partial charge on any atom is -0.484 e. The highest BCUT2D eigenvalue weighted by atomic mass is 32.2. The zero-order valence-electron chi connectivity index (χ0n) is 22.2. The number of hydrogen-bond donors (Lipinski definition) is 3. The number of benzene rings is 1. The van der Waals surface area contributed by atoms with Crippen LogP contribution in [0.1, 0.15) is 64.6 Å². The Morgan fingerprint density at radius 1 is 1.11 bits per heavy atom. The molecule has 2 saturated carbocycles. The van der Waals surface area contributed by atoms with E-state index in [1.165, 1.54) is 6.42 Å². The van der Waals surface area contributed by atoms with Gasteiger partial charge in [-0.3, -0.25) is 10.1 Å². The second-order valence-corrected chi connectivity index (χ2v) is 12.4. The zero-order chi connectivity index (χ0) is 27.3. The van der Waals surface area contributed by atoms with Crippen LogP contribution in [0.2, 0.25) is 0 Å². The van der Waals surface area contributed by atoms with Crippen molar-refractivity contribution in [1.82, 2.24) is 9.88 Å². The Morgan fingerprint density at radius 3 is 2.47 bits per heavy atom. The molecule has 0 atom stereocenters. The lowest BCUT2D eigenvalue weighted by molar-refractivity contribution is -0.121. The maximum absolute atomic E-state index is 12.9. The van der Waals surface area contributed by atoms with Gasteiger partial charge in [0.1, 0.15) is 11.5 Å². The lowest BCUT2D eigenvalue weighted by Gasteiger charge is -2.38. The van der Waals surface area contributed by atoms with Crippen molar-refractivity contribution in [3.63, 3.8) is 0 Å². The van der Waals surface area contributed by atoms with Crippen molar-refractivity contribution >= 4 is 39.2 Å². The van der Waals surface area contributed by atoms with Gasteiger partial charge in [-0.25, -0.2) is 17.9 Å². The van der Waals surface area contributed by atoms with Crippen LogP contribution in [0.5, 0.6) is 5.75 Å². The van der Waals surface area contributed by atoms with Crippen LogP contribution in [0.25, 0.3) is 0 Å². The third-order valence-electron chi connectivity index (χ3n) is 6.56. The van der Waals surface area contributed by atoms with E-state index in [9.17, 15) is 18.0 Å². The van der Waals surface area contributed by atoms with Crippen molar-refractivity contribution in [2.75, 3.05) is 28.7 Å². The molecule has 2 aliphatic carbocycles. The molecule has 38 heavy (non-hydrogen) atoms. The summed E-state index contributed by atoms with van der Waals surface area (Å²) >= 11 is 0. The van der Waals surface area contributed by atoms with E-state index in [2.05, 4.69) is 39.3 Å². The van der Waals surface area contributed by atoms with Gasteiger partial charge in [0.25, 0.3) is 5.91 Å². The lowest BCUT2D eigenvalue weighted by atomic mass is 9.93. The summed E-state index contributed by atoms with van der Waals surface area (Å²) in [4.78, 5) is 27.4. The molecule has 3 N–H and O–H groups in total. The number of nitrogens with zero attached hydrogens (tertiary/aromatic N) is 2. The number of aryl methyl sites for hydroxylation is 1. The number of sulfonamides is 1. The van der Waals surface area contributed by atoms with E-state index < -0.39 is 33.8 Å². The molecule has 0 saturated heterocycles. The third kappa shape index (κ3) is 7.62. The van der Waals surface area contributed by atoms with Crippen molar-refractivity contribution in [3.8, 4) is 5.75 Å². The summed E-state index contributed by atoms with van der Waals surface area (Å²) in [6.07, 6.45) is 6.81. The van der Waals surface area contributed by atoms with Gasteiger partial charge in [0.2, 0.25) is 10.0 Å². The van der Waals surface area contributed by atoms with E-state index in [0.29, 0.717) is 42.0 Å². The predicted octanol–water partition coefficient (Wildman–Crippen LogP) is 4.41. The number of hydrogen-bond acceptors (Lipinski definition) is 8. The Balaban J connectivity index is 1.54. The van der Waals surface area contributed by atoms with Crippen LogP contribution in [-0.2, 0) is 14.8 Å². The Bertz CT molecular complexity index is 1230. The number of urea groups is 1. The Morgan fingerprint density at radius 2 is 1.84 bits per heavy atom. The summed E-state index contributed by atoms with van der Waals surface area (Å²) in [5.74, 6) is 0.837. The fourth-order valence-electron chi connectivity index (χ4n) is 4.68. The second kappa shape index (κ2) is 12.1. The maximum Gasteiger partial charge on any atom is 0.325 e. The van der Waals surface area contributed by atoms with Crippen molar-refractivity contribution in [2.24, 2.45) is 5.92 Å². The van der Waals surface area contributed by atoms with Crippen molar-refractivity contribution < 1.29 is 27.3 Å². The average Bonchev–Trinajstić information content (AvgIpc) is 3.65. The van der Waals surface area contributed by atoms with Crippen LogP contribution in [0.4, 0.5) is 22.0 Å². The lowest BCUT2D eigenvalue weighted by Crippen LogP contribution is -2.40. The molecule has 0 aliphatic heterocycles. The predicted molar refractivity (Wildman–Crippen MR) is 145 cm³/mol. The molecule has 2 fully saturated rings. The summed E-state index contributed by atoms with van der Waals surface area (Å²) in [6.45, 7) is 6.40. The van der Waals surface area contributed by atoms with Crippen LogP contribution in [0, 0.1) is 12.8 Å². The van der Waals surface area contributed by atoms with Gasteiger partial charge in [-0.1, -0.05) is 38.3 Å². The highest BCUT2D eigenvalue weighted by Gasteiger charge is 2.36. The first-order valence-electron chi connectivity index (χ1n) is 13.2. The molecule has 11 nitrogen and oxygen atoms in total. The number of nitrogens with one attached hydrogen (secondary N) is 3. The molecule has 12 heteroatoms. The molecular formula is C26H37N5O6S. The number of anilines is 3. The number of aromatic nitrogens is 1. The van der Waals surface area contributed by atoms with Crippen molar-refractivity contribution in [3.05, 3.63) is 30.0 Å². The zero-order valence-corrected chi connectivity index (χ0v) is 23.0. The standard InChI is InChI=1S/C26H37N5O6S/c1-17(2)15-31(19-7-5-4-6-8-19)23-12-9-20(36-16-25(32)30-38(34,35)21-10-11-21)14-22(23)27-26(33)28-24-13-18(3)37-29-24/h9,12-14,17,19,21H,4-8,10-11,15-16H2,1-3H3,(H,30,32)(H2,27,28,29,33). The van der Waals surface area contributed by atoms with E-state index >= 15 is 0 Å². The van der Waals surface area contributed by atoms with Crippen molar-refractivity contribution in [2.45, 2.75) is 77.0 Å². The first-order chi connectivity index (χ1) is 18.1. The van der Waals surface area contributed by atoms with Crippen LogP contribution in [0.3, 0.4) is 0 Å². The highest BCUT2D eigenvalue weighted by Crippen LogP contribution is 2.36. The Kier molecular flexibility index (Phi) is 8.80. The topological polar surface area (TPSA) is 143 Å². The number of amides is 3. The summed E-state index contributed by atoms with van der Waals surface area (Å²) in [5.41, 5.74) is 1.36. The number of rotatable bonds is 11. The van der Waals surface area contributed by atoms with E-state index in [1.807, 2.05) is 6.07 Å². The number of ether oxygens (including phenoxy) is 1. The van der Waals surface area contributed by atoms with Gasteiger partial charge in [0.05, 0.1) is 16.6 Å². The first-order valence-corrected chi connectivity index (χ1v) is 14.7. The van der Waals surface area contributed by atoms with Gasteiger partial charge in [-0.15, -0.1) is 0 Å². The summed E-state index contributed by atoms with van der Waals surface area (Å²) < 4.78 is 36.8. The molecule has 0 bridgehead atoms. The van der Waals surface area contributed by atoms with Crippen LogP contribution >= 0.6 is 0 Å². The average molecular weight is 548 g/mol. The van der Waals surface area contributed by atoms with E-state index in [-0.39, 0.29) is 5.82 Å². The molecular weight excluding hydrogens is 510 g/mol. The van der Waals surface area contributed by atoms with E-state index in [1.54, 1.807) is 25.1 Å². The van der Waals surface area contributed by atoms with E-state index in [4.69, 9.17) is 9.26 Å². The van der Waals surface area contributed by atoms with Gasteiger partial charge < -0.3 is 19.5 Å². The molecule has 1 aromatic heterocycles. The molecule has 1 heterocycles. The van der Waals surface area contributed by atoms with Gasteiger partial charge in [-0.2, -0.15) is 0 Å². The maximum atomic E-state index is 12.9. The van der Waals surface area contributed by atoms with Crippen LogP contribution in [-0.4, -0.2) is 50.0 Å². The second-order valence-electron chi connectivity index (χ2n) is 10.5. The van der Waals surface area contributed by atoms with Gasteiger partial charge in [-0.05, 0) is 50.7 Å². The molecule has 0 spiro atoms. The Hall–Kier alpha value is -3.28. The Labute approximate surface area is 223 Å². The molecule has 208 valence electrons. The molecule has 1 aromatic carbocycles. The minimum atomic E-state index is -3.65. The van der Waals surface area contributed by atoms with Gasteiger partial charge in [0.15, 0.2) is 12.4 Å². The fraction of sp³-hybridized carbons (Fsp3) is 0.577. The summed E-state index contributed by atoms with van der Waals surface area (Å²) in [7, 11) is -3.65. The quantitative estimate of drug-likeness (QED) is 0.375. The molecule has 4 rings (SSSR count). The summed E-state index contributed by atoms with van der Waals surface area (Å²) in [6, 6.07) is 6.72. The fourth-order valence-corrected chi connectivity index (χ4v) is 5.98. The largest absolute Gasteiger partial charge is 0.484 e. The normalized spacial score (nSPS) is 16.2. The van der Waals surface area contributed by atoms with Crippen molar-refractivity contribution in [1.29, 1.82) is 0 Å². The minimum absolute atomic E-state index is 0.286. The number of carbonyl (C=O) groups excluding carboxylic acids is 2.